The van der Waals surface area contributed by atoms with Crippen molar-refractivity contribution < 1.29 is 4.79 Å². The van der Waals surface area contributed by atoms with E-state index >= 15 is 0 Å². The van der Waals surface area contributed by atoms with E-state index < -0.39 is 0 Å². The average Bonchev–Trinajstić information content (AvgIpc) is 2.77. The fourth-order valence-electron chi connectivity index (χ4n) is 3.67. The number of aryl methyl sites for hydroxylation is 1. The van der Waals surface area contributed by atoms with Gasteiger partial charge in [0.25, 0.3) is 0 Å². The summed E-state index contributed by atoms with van der Waals surface area (Å²) in [5.74, 6) is 0.808. The monoisotopic (exact) mass is 286 g/mol. The molecule has 0 spiro atoms. The van der Waals surface area contributed by atoms with Crippen LogP contribution in [0.3, 0.4) is 0 Å². The van der Waals surface area contributed by atoms with Gasteiger partial charge in [0.05, 0.1) is 6.04 Å². The van der Waals surface area contributed by atoms with Gasteiger partial charge in [-0.3, -0.25) is 4.79 Å². The van der Waals surface area contributed by atoms with Crippen molar-refractivity contribution in [2.24, 2.45) is 5.92 Å². The van der Waals surface area contributed by atoms with E-state index in [-0.39, 0.29) is 11.9 Å². The lowest BCUT2D eigenvalue weighted by Gasteiger charge is -2.27. The molecule has 0 bridgehead atoms. The first-order valence-corrected chi connectivity index (χ1v) is 8.39. The van der Waals surface area contributed by atoms with Crippen molar-refractivity contribution in [3.8, 4) is 0 Å². The second kappa shape index (κ2) is 6.61. The molecule has 0 aromatic heterocycles. The van der Waals surface area contributed by atoms with Crippen LogP contribution in [0.1, 0.15) is 51.0 Å². The minimum Gasteiger partial charge on any atom is -0.324 e. The summed E-state index contributed by atoms with van der Waals surface area (Å²) < 4.78 is 0. The van der Waals surface area contributed by atoms with Crippen molar-refractivity contribution in [3.05, 3.63) is 29.8 Å². The molecule has 1 aromatic rings. The normalized spacial score (nSPS) is 30.0. The molecule has 0 radical (unpaired) electrons. The molecule has 0 saturated heterocycles. The van der Waals surface area contributed by atoms with Crippen LogP contribution in [0, 0.1) is 5.92 Å². The third-order valence-corrected chi connectivity index (χ3v) is 5.07. The summed E-state index contributed by atoms with van der Waals surface area (Å²) in [7, 11) is 0. The van der Waals surface area contributed by atoms with Gasteiger partial charge in [-0.1, -0.05) is 44.4 Å². The number of carbonyl (C=O) groups is 1. The van der Waals surface area contributed by atoms with Crippen LogP contribution in [0.2, 0.25) is 0 Å². The van der Waals surface area contributed by atoms with E-state index in [1.165, 1.54) is 37.7 Å². The molecule has 2 N–H and O–H groups in total. The van der Waals surface area contributed by atoms with Gasteiger partial charge in [-0.2, -0.15) is 0 Å². The lowest BCUT2D eigenvalue weighted by atomic mass is 9.95. The number of nitrogens with one attached hydrogen (secondary N) is 2. The van der Waals surface area contributed by atoms with Crippen LogP contribution >= 0.6 is 0 Å². The Kier molecular flexibility index (Phi) is 4.59. The number of amides is 1. The molecule has 3 heteroatoms. The first kappa shape index (κ1) is 14.6. The largest absolute Gasteiger partial charge is 0.324 e. The molecule has 1 heterocycles. The Hall–Kier alpha value is -1.35. The Morgan fingerprint density at radius 3 is 2.81 bits per heavy atom. The highest BCUT2D eigenvalue weighted by molar-refractivity contribution is 5.96. The van der Waals surface area contributed by atoms with Gasteiger partial charge < -0.3 is 10.6 Å². The van der Waals surface area contributed by atoms with E-state index in [0.29, 0.717) is 12.0 Å². The first-order chi connectivity index (χ1) is 10.2. The molecular weight excluding hydrogens is 260 g/mol. The van der Waals surface area contributed by atoms with Crippen LogP contribution in [-0.4, -0.2) is 18.0 Å². The minimum absolute atomic E-state index is 0.0528. The predicted octanol–water partition coefficient (Wildman–Crippen LogP) is 3.50. The number of benzene rings is 1. The van der Waals surface area contributed by atoms with E-state index in [4.69, 9.17) is 0 Å². The van der Waals surface area contributed by atoms with E-state index in [9.17, 15) is 4.79 Å². The Balaban J connectivity index is 1.68. The van der Waals surface area contributed by atoms with Gasteiger partial charge >= 0.3 is 0 Å². The highest BCUT2D eigenvalue weighted by Gasteiger charge is 2.28. The Morgan fingerprint density at radius 1 is 1.10 bits per heavy atom. The maximum absolute atomic E-state index is 12.5. The fourth-order valence-corrected chi connectivity index (χ4v) is 3.67. The summed E-state index contributed by atoms with van der Waals surface area (Å²) >= 11 is 0. The summed E-state index contributed by atoms with van der Waals surface area (Å²) in [5.41, 5.74) is 2.24. The second-order valence-electron chi connectivity index (χ2n) is 6.63. The van der Waals surface area contributed by atoms with Crippen LogP contribution in [0.25, 0.3) is 0 Å². The molecule has 3 atom stereocenters. The molecule has 2 aliphatic rings. The maximum Gasteiger partial charge on any atom is 0.241 e. The predicted molar refractivity (Wildman–Crippen MR) is 86.4 cm³/mol. The molecule has 1 aliphatic carbocycles. The molecule has 114 valence electrons. The molecule has 1 aliphatic heterocycles. The number of anilines is 1. The van der Waals surface area contributed by atoms with Crippen molar-refractivity contribution in [1.29, 1.82) is 0 Å². The van der Waals surface area contributed by atoms with Crippen LogP contribution in [0.15, 0.2) is 24.3 Å². The van der Waals surface area contributed by atoms with Crippen LogP contribution in [-0.2, 0) is 11.2 Å². The third kappa shape index (κ3) is 3.46. The van der Waals surface area contributed by atoms with E-state index in [2.05, 4.69) is 23.6 Å². The zero-order chi connectivity index (χ0) is 14.7. The molecule has 3 nitrogen and oxygen atoms in total. The summed E-state index contributed by atoms with van der Waals surface area (Å²) in [6.45, 7) is 2.33. The molecule has 1 aromatic carbocycles. The number of carbonyl (C=O) groups excluding carboxylic acids is 1. The van der Waals surface area contributed by atoms with E-state index in [1.54, 1.807) is 0 Å². The maximum atomic E-state index is 12.5. The molecule has 21 heavy (non-hydrogen) atoms. The van der Waals surface area contributed by atoms with Crippen LogP contribution in [0.4, 0.5) is 5.69 Å². The van der Waals surface area contributed by atoms with Crippen molar-refractivity contribution in [3.63, 3.8) is 0 Å². The summed E-state index contributed by atoms with van der Waals surface area (Å²) in [6, 6.07) is 8.59. The van der Waals surface area contributed by atoms with Gasteiger partial charge in [0, 0.05) is 11.7 Å². The molecule has 1 saturated carbocycles. The van der Waals surface area contributed by atoms with Gasteiger partial charge in [-0.25, -0.2) is 0 Å². The Bertz CT molecular complexity index is 500. The van der Waals surface area contributed by atoms with Crippen molar-refractivity contribution in [2.45, 2.75) is 64.0 Å². The first-order valence-electron chi connectivity index (χ1n) is 8.39. The van der Waals surface area contributed by atoms with E-state index in [0.717, 1.165) is 18.5 Å². The Morgan fingerprint density at radius 2 is 1.90 bits per heavy atom. The highest BCUT2D eigenvalue weighted by Crippen LogP contribution is 2.26. The lowest BCUT2D eigenvalue weighted by molar-refractivity contribution is -0.118. The molecular formula is C18H26N2O. The lowest BCUT2D eigenvalue weighted by Crippen LogP contribution is -2.47. The van der Waals surface area contributed by atoms with Crippen LogP contribution in [0.5, 0.6) is 0 Å². The highest BCUT2D eigenvalue weighted by atomic mass is 16.2. The summed E-state index contributed by atoms with van der Waals surface area (Å²) in [4.78, 5) is 12.5. The smallest absolute Gasteiger partial charge is 0.241 e. The molecule has 1 fully saturated rings. The SMILES string of the molecule is CC1CCCCCC1NC1CCc2ccccc2NC1=O. The standard InChI is InChI=1S/C18H26N2O/c1-13-7-3-2-4-9-15(13)19-17-12-11-14-8-5-6-10-16(14)20-18(17)21/h5-6,8,10,13,15,17,19H,2-4,7,9,11-12H2,1H3,(H,20,21). The van der Waals surface area contributed by atoms with Crippen molar-refractivity contribution in [2.75, 3.05) is 5.32 Å². The van der Waals surface area contributed by atoms with Crippen LogP contribution < -0.4 is 10.6 Å². The van der Waals surface area contributed by atoms with Crippen molar-refractivity contribution >= 4 is 11.6 Å². The Labute approximate surface area is 127 Å². The topological polar surface area (TPSA) is 41.1 Å². The zero-order valence-corrected chi connectivity index (χ0v) is 12.9. The number of hydrogen-bond donors (Lipinski definition) is 2. The summed E-state index contributed by atoms with van der Waals surface area (Å²) in [5, 5.41) is 6.75. The number of rotatable bonds is 2. The minimum atomic E-state index is -0.0528. The van der Waals surface area contributed by atoms with E-state index in [1.807, 2.05) is 18.2 Å². The average molecular weight is 286 g/mol. The summed E-state index contributed by atoms with van der Waals surface area (Å²) in [6.07, 6.45) is 8.31. The van der Waals surface area contributed by atoms with Crippen molar-refractivity contribution in [1.82, 2.24) is 5.32 Å². The zero-order valence-electron chi connectivity index (χ0n) is 12.9. The number of hydrogen-bond acceptors (Lipinski definition) is 2. The van der Waals surface area contributed by atoms with Gasteiger partial charge in [0.2, 0.25) is 5.91 Å². The number of para-hydroxylation sites is 1. The van der Waals surface area contributed by atoms with Gasteiger partial charge in [-0.05, 0) is 43.2 Å². The molecule has 1 amide bonds. The molecule has 3 rings (SSSR count). The van der Waals surface area contributed by atoms with Gasteiger partial charge in [0.1, 0.15) is 0 Å². The quantitative estimate of drug-likeness (QED) is 0.817. The van der Waals surface area contributed by atoms with Gasteiger partial charge in [0.15, 0.2) is 0 Å². The fraction of sp³-hybridized carbons (Fsp3) is 0.611. The second-order valence-corrected chi connectivity index (χ2v) is 6.63. The number of fused-ring (bicyclic) bond motifs is 1. The third-order valence-electron chi connectivity index (χ3n) is 5.07. The molecule has 3 unspecified atom stereocenters. The van der Waals surface area contributed by atoms with Gasteiger partial charge in [-0.15, -0.1) is 0 Å².